The van der Waals surface area contributed by atoms with Gasteiger partial charge in [-0.2, -0.15) is 0 Å². The Morgan fingerprint density at radius 2 is 1.87 bits per heavy atom. The standard InChI is InChI=1S/C12H22N2O/c1-7-12(5,6)14-10(15)8-9(13)11(2,3)4/h1,9H,8,13H2,2-6H3,(H,14,15). The van der Waals surface area contributed by atoms with Gasteiger partial charge < -0.3 is 11.1 Å². The van der Waals surface area contributed by atoms with E-state index in [-0.39, 0.29) is 17.4 Å². The van der Waals surface area contributed by atoms with Gasteiger partial charge in [-0.1, -0.05) is 26.7 Å². The molecule has 3 nitrogen and oxygen atoms in total. The number of nitrogens with two attached hydrogens (primary N) is 1. The number of hydrogen-bond donors (Lipinski definition) is 2. The minimum atomic E-state index is -0.602. The van der Waals surface area contributed by atoms with Crippen molar-refractivity contribution in [3.05, 3.63) is 0 Å². The zero-order chi connectivity index (χ0) is 12.3. The first-order valence-corrected chi connectivity index (χ1v) is 5.13. The molecule has 1 unspecified atom stereocenters. The van der Waals surface area contributed by atoms with Crippen LogP contribution in [0, 0.1) is 17.8 Å². The van der Waals surface area contributed by atoms with Crippen LogP contribution >= 0.6 is 0 Å². The molecule has 3 N–H and O–H groups in total. The molecular formula is C12H22N2O. The van der Waals surface area contributed by atoms with Crippen LogP contribution in [0.5, 0.6) is 0 Å². The summed E-state index contributed by atoms with van der Waals surface area (Å²) in [7, 11) is 0. The highest BCUT2D eigenvalue weighted by Gasteiger charge is 2.25. The molecule has 1 atom stereocenters. The van der Waals surface area contributed by atoms with E-state index in [1.54, 1.807) is 13.8 Å². The van der Waals surface area contributed by atoms with Crippen LogP contribution in [0.2, 0.25) is 0 Å². The van der Waals surface area contributed by atoms with Crippen LogP contribution in [0.25, 0.3) is 0 Å². The fourth-order valence-corrected chi connectivity index (χ4v) is 0.942. The van der Waals surface area contributed by atoms with Crippen LogP contribution in [0.3, 0.4) is 0 Å². The van der Waals surface area contributed by atoms with Gasteiger partial charge in [0.15, 0.2) is 0 Å². The molecule has 0 bridgehead atoms. The average molecular weight is 210 g/mol. The Kier molecular flexibility index (Phi) is 4.36. The van der Waals surface area contributed by atoms with Crippen LogP contribution in [0.1, 0.15) is 41.0 Å². The molecule has 0 saturated carbocycles. The molecule has 0 aliphatic carbocycles. The monoisotopic (exact) mass is 210 g/mol. The van der Waals surface area contributed by atoms with Crippen molar-refractivity contribution in [3.63, 3.8) is 0 Å². The summed E-state index contributed by atoms with van der Waals surface area (Å²) in [6.45, 7) is 9.60. The number of carbonyl (C=O) groups is 1. The molecular weight excluding hydrogens is 188 g/mol. The van der Waals surface area contributed by atoms with Crippen LogP contribution in [-0.2, 0) is 4.79 Å². The third-order valence-electron chi connectivity index (χ3n) is 2.33. The highest BCUT2D eigenvalue weighted by atomic mass is 16.1. The molecule has 0 aromatic carbocycles. The fraction of sp³-hybridized carbons (Fsp3) is 0.750. The first kappa shape index (κ1) is 14.0. The van der Waals surface area contributed by atoms with Gasteiger partial charge in [-0.15, -0.1) is 6.42 Å². The summed E-state index contributed by atoms with van der Waals surface area (Å²) >= 11 is 0. The van der Waals surface area contributed by atoms with E-state index in [4.69, 9.17) is 12.2 Å². The predicted molar refractivity (Wildman–Crippen MR) is 63.1 cm³/mol. The Morgan fingerprint density at radius 1 is 1.40 bits per heavy atom. The van der Waals surface area contributed by atoms with Crippen LogP contribution in [0.4, 0.5) is 0 Å². The lowest BCUT2D eigenvalue weighted by atomic mass is 9.85. The number of nitrogens with one attached hydrogen (secondary N) is 1. The number of amides is 1. The van der Waals surface area contributed by atoms with Gasteiger partial charge in [0.2, 0.25) is 5.91 Å². The summed E-state index contributed by atoms with van der Waals surface area (Å²) in [5.74, 6) is 2.41. The van der Waals surface area contributed by atoms with Gasteiger partial charge in [0.1, 0.15) is 0 Å². The van der Waals surface area contributed by atoms with E-state index in [1.165, 1.54) is 0 Å². The van der Waals surface area contributed by atoms with Crippen molar-refractivity contribution in [2.45, 2.75) is 52.6 Å². The minimum absolute atomic E-state index is 0.0718. The van der Waals surface area contributed by atoms with Crippen molar-refractivity contribution in [2.75, 3.05) is 0 Å². The Balaban J connectivity index is 4.24. The Hall–Kier alpha value is -1.01. The third-order valence-corrected chi connectivity index (χ3v) is 2.33. The lowest BCUT2D eigenvalue weighted by Gasteiger charge is -2.28. The maximum absolute atomic E-state index is 11.6. The summed E-state index contributed by atoms with van der Waals surface area (Å²) in [5, 5.41) is 2.75. The van der Waals surface area contributed by atoms with Gasteiger partial charge >= 0.3 is 0 Å². The van der Waals surface area contributed by atoms with Crippen LogP contribution < -0.4 is 11.1 Å². The first-order valence-electron chi connectivity index (χ1n) is 5.13. The topological polar surface area (TPSA) is 55.1 Å². The van der Waals surface area contributed by atoms with Gasteiger partial charge in [0.25, 0.3) is 0 Å². The molecule has 15 heavy (non-hydrogen) atoms. The van der Waals surface area contributed by atoms with Crippen molar-refractivity contribution in [1.29, 1.82) is 0 Å². The van der Waals surface area contributed by atoms with E-state index < -0.39 is 5.54 Å². The first-order chi connectivity index (χ1) is 6.58. The molecule has 0 aromatic heterocycles. The number of rotatable bonds is 3. The van der Waals surface area contributed by atoms with Gasteiger partial charge in [0, 0.05) is 12.5 Å². The second-order valence-electron chi connectivity index (χ2n) is 5.49. The highest BCUT2D eigenvalue weighted by Crippen LogP contribution is 2.19. The molecule has 0 heterocycles. The zero-order valence-electron chi connectivity index (χ0n) is 10.3. The average Bonchev–Trinajstić information content (AvgIpc) is 2.01. The van der Waals surface area contributed by atoms with Gasteiger partial charge in [-0.3, -0.25) is 4.79 Å². The molecule has 0 aliphatic rings. The van der Waals surface area contributed by atoms with E-state index in [0.29, 0.717) is 6.42 Å². The van der Waals surface area contributed by atoms with Crippen LogP contribution in [0.15, 0.2) is 0 Å². The van der Waals surface area contributed by atoms with Crippen molar-refractivity contribution in [2.24, 2.45) is 11.1 Å². The third kappa shape index (κ3) is 5.44. The Morgan fingerprint density at radius 3 is 2.20 bits per heavy atom. The predicted octanol–water partition coefficient (Wildman–Crippen LogP) is 1.28. The largest absolute Gasteiger partial charge is 0.340 e. The Bertz CT molecular complexity index is 268. The van der Waals surface area contributed by atoms with Crippen LogP contribution in [-0.4, -0.2) is 17.5 Å². The fourth-order valence-electron chi connectivity index (χ4n) is 0.942. The number of carbonyl (C=O) groups excluding carboxylic acids is 1. The van der Waals surface area contributed by atoms with Crippen molar-refractivity contribution < 1.29 is 4.79 Å². The molecule has 0 aromatic rings. The van der Waals surface area contributed by atoms with Gasteiger partial charge in [-0.05, 0) is 19.3 Å². The summed E-state index contributed by atoms with van der Waals surface area (Å²) < 4.78 is 0. The van der Waals surface area contributed by atoms with E-state index in [0.717, 1.165) is 0 Å². The van der Waals surface area contributed by atoms with E-state index in [1.807, 2.05) is 20.8 Å². The molecule has 0 spiro atoms. The smallest absolute Gasteiger partial charge is 0.222 e. The maximum atomic E-state index is 11.6. The van der Waals surface area contributed by atoms with Gasteiger partial charge in [-0.25, -0.2) is 0 Å². The normalized spacial score (nSPS) is 14.2. The molecule has 86 valence electrons. The summed E-state index contributed by atoms with van der Waals surface area (Å²) in [4.78, 5) is 11.6. The summed E-state index contributed by atoms with van der Waals surface area (Å²) in [6.07, 6.45) is 5.58. The molecule has 0 radical (unpaired) electrons. The molecule has 1 amide bonds. The van der Waals surface area contributed by atoms with E-state index in [2.05, 4.69) is 11.2 Å². The molecule has 0 saturated heterocycles. The Labute approximate surface area is 92.8 Å². The lowest BCUT2D eigenvalue weighted by molar-refractivity contribution is -0.123. The van der Waals surface area contributed by atoms with E-state index in [9.17, 15) is 4.79 Å². The number of hydrogen-bond acceptors (Lipinski definition) is 2. The maximum Gasteiger partial charge on any atom is 0.222 e. The molecule has 3 heteroatoms. The highest BCUT2D eigenvalue weighted by molar-refractivity contribution is 5.77. The second kappa shape index (κ2) is 4.67. The quantitative estimate of drug-likeness (QED) is 0.689. The minimum Gasteiger partial charge on any atom is -0.340 e. The molecule has 0 aliphatic heterocycles. The SMILES string of the molecule is C#CC(C)(C)NC(=O)CC(N)C(C)(C)C. The molecule has 0 rings (SSSR count). The lowest BCUT2D eigenvalue weighted by Crippen LogP contribution is -2.46. The molecule has 0 fully saturated rings. The van der Waals surface area contributed by atoms with Gasteiger partial charge in [0.05, 0.1) is 5.54 Å². The van der Waals surface area contributed by atoms with E-state index >= 15 is 0 Å². The van der Waals surface area contributed by atoms with Crippen molar-refractivity contribution >= 4 is 5.91 Å². The second-order valence-corrected chi connectivity index (χ2v) is 5.49. The summed E-state index contributed by atoms with van der Waals surface area (Å²) in [5.41, 5.74) is 5.23. The summed E-state index contributed by atoms with van der Waals surface area (Å²) in [6, 6.07) is -0.161. The zero-order valence-corrected chi connectivity index (χ0v) is 10.3. The van der Waals surface area contributed by atoms with Crippen molar-refractivity contribution in [3.8, 4) is 12.3 Å². The number of terminal acetylenes is 1. The van der Waals surface area contributed by atoms with Crippen molar-refractivity contribution in [1.82, 2.24) is 5.32 Å².